The van der Waals surface area contributed by atoms with Gasteiger partial charge in [0.25, 0.3) is 0 Å². The molecule has 4 atom stereocenters. The minimum atomic E-state index is -0.966. The second-order valence-corrected chi connectivity index (χ2v) is 6.58. The Hall–Kier alpha value is -2.67. The van der Waals surface area contributed by atoms with Crippen LogP contribution in [0.1, 0.15) is 18.4 Å². The number of aromatic nitrogens is 2. The number of carboxylic acid groups (broad SMARTS) is 1. The lowest BCUT2D eigenvalue weighted by Gasteiger charge is -2.23. The van der Waals surface area contributed by atoms with Gasteiger partial charge in [0.05, 0.1) is 42.5 Å². The first kappa shape index (κ1) is 15.8. The van der Waals surface area contributed by atoms with Crippen LogP contribution < -0.4 is 5.32 Å². The monoisotopic (exact) mass is 341 g/mol. The molecule has 1 aromatic carbocycles. The van der Waals surface area contributed by atoms with Gasteiger partial charge in [0.2, 0.25) is 5.91 Å². The van der Waals surface area contributed by atoms with Crippen LogP contribution in [-0.4, -0.2) is 39.0 Å². The summed E-state index contributed by atoms with van der Waals surface area (Å²) in [6.07, 6.45) is 4.11. The molecule has 25 heavy (non-hydrogen) atoms. The fourth-order valence-corrected chi connectivity index (χ4v) is 3.84. The first-order chi connectivity index (χ1) is 12.1. The number of carbonyl (C=O) groups excluding carboxylic acids is 1. The van der Waals surface area contributed by atoms with Gasteiger partial charge in [-0.1, -0.05) is 30.3 Å². The Labute approximate surface area is 144 Å². The number of hydrogen-bond donors (Lipinski definition) is 2. The Morgan fingerprint density at radius 1 is 1.20 bits per heavy atom. The van der Waals surface area contributed by atoms with Crippen molar-refractivity contribution in [1.29, 1.82) is 0 Å². The van der Waals surface area contributed by atoms with E-state index < -0.39 is 17.8 Å². The van der Waals surface area contributed by atoms with Crippen molar-refractivity contribution >= 4 is 17.6 Å². The van der Waals surface area contributed by atoms with E-state index >= 15 is 0 Å². The molecule has 2 saturated heterocycles. The number of anilines is 1. The van der Waals surface area contributed by atoms with Crippen molar-refractivity contribution in [3.63, 3.8) is 0 Å². The number of carbonyl (C=O) groups is 2. The highest BCUT2D eigenvalue weighted by atomic mass is 16.5. The molecule has 1 amide bonds. The molecule has 0 radical (unpaired) electrons. The first-order valence-electron chi connectivity index (χ1n) is 8.37. The fraction of sp³-hybridized carbons (Fsp3) is 0.389. The molecule has 2 aromatic rings. The maximum absolute atomic E-state index is 12.6. The van der Waals surface area contributed by atoms with Gasteiger partial charge in [0.1, 0.15) is 0 Å². The van der Waals surface area contributed by atoms with Crippen LogP contribution in [0.25, 0.3) is 0 Å². The number of nitrogens with zero attached hydrogens (tertiary/aromatic N) is 2. The van der Waals surface area contributed by atoms with E-state index in [4.69, 9.17) is 4.74 Å². The summed E-state index contributed by atoms with van der Waals surface area (Å²) in [5.74, 6) is -2.68. The molecule has 1 aromatic heterocycles. The van der Waals surface area contributed by atoms with Crippen molar-refractivity contribution < 1.29 is 19.4 Å². The molecule has 2 bridgehead atoms. The molecule has 7 heteroatoms. The van der Waals surface area contributed by atoms with Crippen LogP contribution in [-0.2, 0) is 20.9 Å². The van der Waals surface area contributed by atoms with Crippen molar-refractivity contribution in [2.45, 2.75) is 31.6 Å². The molecule has 130 valence electrons. The van der Waals surface area contributed by atoms with Crippen molar-refractivity contribution in [3.05, 3.63) is 48.3 Å². The molecule has 7 nitrogen and oxygen atoms in total. The van der Waals surface area contributed by atoms with Crippen molar-refractivity contribution in [2.24, 2.45) is 11.8 Å². The Kier molecular flexibility index (Phi) is 4.01. The highest BCUT2D eigenvalue weighted by Gasteiger charge is 2.55. The zero-order valence-corrected chi connectivity index (χ0v) is 13.5. The Balaban J connectivity index is 1.44. The molecule has 0 unspecified atom stereocenters. The smallest absolute Gasteiger partial charge is 0.310 e. The van der Waals surface area contributed by atoms with E-state index in [2.05, 4.69) is 10.4 Å². The summed E-state index contributed by atoms with van der Waals surface area (Å²) in [5, 5.41) is 16.5. The molecular formula is C18H19N3O4. The lowest BCUT2D eigenvalue weighted by Crippen LogP contribution is -2.40. The summed E-state index contributed by atoms with van der Waals surface area (Å²) < 4.78 is 7.37. The highest BCUT2D eigenvalue weighted by molar-refractivity contribution is 5.96. The van der Waals surface area contributed by atoms with E-state index in [1.54, 1.807) is 17.1 Å². The molecule has 0 saturated carbocycles. The van der Waals surface area contributed by atoms with Gasteiger partial charge in [-0.3, -0.25) is 14.3 Å². The molecule has 2 aliphatic heterocycles. The summed E-state index contributed by atoms with van der Waals surface area (Å²) >= 11 is 0. The quantitative estimate of drug-likeness (QED) is 0.864. The zero-order valence-electron chi connectivity index (χ0n) is 13.5. The molecule has 4 rings (SSSR count). The minimum absolute atomic E-state index is 0.300. The Morgan fingerprint density at radius 3 is 2.64 bits per heavy atom. The minimum Gasteiger partial charge on any atom is -0.481 e. The molecule has 2 aliphatic rings. The number of hydrogen-bond acceptors (Lipinski definition) is 4. The average molecular weight is 341 g/mol. The molecule has 2 N–H and O–H groups in total. The normalized spacial score (nSPS) is 27.4. The van der Waals surface area contributed by atoms with Gasteiger partial charge in [-0.05, 0) is 18.4 Å². The van der Waals surface area contributed by atoms with E-state index in [0.717, 1.165) is 12.0 Å². The standard InChI is InChI=1S/C18H19N3O4/c22-17(15-13-6-7-14(25-13)16(15)18(23)24)20-12-8-19-21(10-12)9-11-4-2-1-3-5-11/h1-5,8,10,13-16H,6-7,9H2,(H,20,22)(H,23,24)/t13-,14-,15+,16+/m1/s1. The summed E-state index contributed by atoms with van der Waals surface area (Å²) in [5.41, 5.74) is 1.67. The molecule has 3 heterocycles. The summed E-state index contributed by atoms with van der Waals surface area (Å²) in [6.45, 7) is 0.603. The van der Waals surface area contributed by atoms with Crippen molar-refractivity contribution in [2.75, 3.05) is 5.32 Å². The maximum atomic E-state index is 12.6. The number of carboxylic acids is 1. The largest absolute Gasteiger partial charge is 0.481 e. The number of nitrogens with one attached hydrogen (secondary N) is 1. The van der Waals surface area contributed by atoms with Crippen LogP contribution >= 0.6 is 0 Å². The third-order valence-corrected chi connectivity index (χ3v) is 4.95. The Bertz CT molecular complexity index is 789. The van der Waals surface area contributed by atoms with Crippen LogP contribution in [0.2, 0.25) is 0 Å². The van der Waals surface area contributed by atoms with Gasteiger partial charge in [-0.25, -0.2) is 0 Å². The van der Waals surface area contributed by atoms with Crippen LogP contribution in [0.4, 0.5) is 5.69 Å². The second kappa shape index (κ2) is 6.33. The van der Waals surface area contributed by atoms with E-state index in [0.29, 0.717) is 18.7 Å². The Morgan fingerprint density at radius 2 is 1.92 bits per heavy atom. The molecule has 0 spiro atoms. The van der Waals surface area contributed by atoms with Crippen LogP contribution in [0.5, 0.6) is 0 Å². The van der Waals surface area contributed by atoms with Crippen LogP contribution in [0.3, 0.4) is 0 Å². The average Bonchev–Trinajstić information content (AvgIpc) is 3.31. The van der Waals surface area contributed by atoms with E-state index in [9.17, 15) is 14.7 Å². The number of benzene rings is 1. The van der Waals surface area contributed by atoms with E-state index in [-0.39, 0.29) is 18.1 Å². The number of rotatable bonds is 5. The SMILES string of the molecule is O=C(O)[C@@H]1[C@@H](C(=O)Nc2cnn(Cc3ccccc3)c2)[C@H]2CC[C@H]1O2. The van der Waals surface area contributed by atoms with Gasteiger partial charge in [-0.2, -0.15) is 5.10 Å². The van der Waals surface area contributed by atoms with Gasteiger partial charge in [0, 0.05) is 6.20 Å². The summed E-state index contributed by atoms with van der Waals surface area (Å²) in [4.78, 5) is 24.1. The molecule has 0 aliphatic carbocycles. The zero-order chi connectivity index (χ0) is 17.4. The molecule has 2 fully saturated rings. The lowest BCUT2D eigenvalue weighted by molar-refractivity contribution is -0.147. The number of ether oxygens (including phenoxy) is 1. The summed E-state index contributed by atoms with van der Waals surface area (Å²) in [6, 6.07) is 9.88. The topological polar surface area (TPSA) is 93.5 Å². The van der Waals surface area contributed by atoms with Crippen LogP contribution in [0, 0.1) is 11.8 Å². The number of fused-ring (bicyclic) bond motifs is 2. The number of aliphatic carboxylic acids is 1. The van der Waals surface area contributed by atoms with Gasteiger partial charge >= 0.3 is 5.97 Å². The van der Waals surface area contributed by atoms with Gasteiger partial charge < -0.3 is 15.2 Å². The fourth-order valence-electron chi connectivity index (χ4n) is 3.84. The van der Waals surface area contributed by atoms with Gasteiger partial charge in [0.15, 0.2) is 0 Å². The predicted octanol–water partition coefficient (Wildman–Crippen LogP) is 1.75. The van der Waals surface area contributed by atoms with Gasteiger partial charge in [-0.15, -0.1) is 0 Å². The van der Waals surface area contributed by atoms with Crippen LogP contribution in [0.15, 0.2) is 42.7 Å². The van der Waals surface area contributed by atoms with E-state index in [1.165, 1.54) is 0 Å². The predicted molar refractivity (Wildman–Crippen MR) is 88.9 cm³/mol. The highest BCUT2D eigenvalue weighted by Crippen LogP contribution is 2.44. The summed E-state index contributed by atoms with van der Waals surface area (Å²) in [7, 11) is 0. The molecular weight excluding hydrogens is 322 g/mol. The maximum Gasteiger partial charge on any atom is 0.310 e. The second-order valence-electron chi connectivity index (χ2n) is 6.58. The number of amides is 1. The first-order valence-corrected chi connectivity index (χ1v) is 8.37. The lowest BCUT2D eigenvalue weighted by atomic mass is 9.78. The van der Waals surface area contributed by atoms with E-state index in [1.807, 2.05) is 30.3 Å². The van der Waals surface area contributed by atoms with Crippen molar-refractivity contribution in [3.8, 4) is 0 Å². The van der Waals surface area contributed by atoms with Crippen molar-refractivity contribution in [1.82, 2.24) is 9.78 Å². The third-order valence-electron chi connectivity index (χ3n) is 4.95. The third kappa shape index (κ3) is 3.02.